The predicted molar refractivity (Wildman–Crippen MR) is 78.9 cm³/mol. The fourth-order valence-electron chi connectivity index (χ4n) is 2.90. The summed E-state index contributed by atoms with van der Waals surface area (Å²) in [6.07, 6.45) is 2.82. The molecule has 1 aliphatic carbocycles. The summed E-state index contributed by atoms with van der Waals surface area (Å²) in [6.45, 7) is 4.97. The van der Waals surface area contributed by atoms with Crippen LogP contribution >= 0.6 is 0 Å². The molecule has 0 aliphatic heterocycles. The zero-order valence-electron chi connectivity index (χ0n) is 11.9. The van der Waals surface area contributed by atoms with E-state index in [4.69, 9.17) is 9.47 Å². The lowest BCUT2D eigenvalue weighted by Gasteiger charge is -2.13. The maximum atomic E-state index is 12.7. The van der Waals surface area contributed by atoms with Crippen molar-refractivity contribution in [3.05, 3.63) is 33.6 Å². The van der Waals surface area contributed by atoms with E-state index in [0.29, 0.717) is 24.3 Å². The number of aromatic amines is 1. The molecule has 20 heavy (non-hydrogen) atoms. The lowest BCUT2D eigenvalue weighted by molar-refractivity contribution is 0.336. The normalized spacial score (nSPS) is 13.5. The van der Waals surface area contributed by atoms with E-state index in [2.05, 4.69) is 4.98 Å². The summed E-state index contributed by atoms with van der Waals surface area (Å²) in [6, 6.07) is 3.70. The second kappa shape index (κ2) is 5.19. The molecule has 1 aromatic carbocycles. The summed E-state index contributed by atoms with van der Waals surface area (Å²) in [5.74, 6) is 1.36. The van der Waals surface area contributed by atoms with Gasteiger partial charge in [0.15, 0.2) is 5.43 Å². The van der Waals surface area contributed by atoms with Crippen molar-refractivity contribution in [1.82, 2.24) is 4.98 Å². The predicted octanol–water partition coefficient (Wildman–Crippen LogP) is 2.81. The number of H-pyrrole nitrogens is 1. The zero-order valence-corrected chi connectivity index (χ0v) is 11.9. The van der Waals surface area contributed by atoms with E-state index in [0.717, 1.165) is 41.8 Å². The van der Waals surface area contributed by atoms with Crippen LogP contribution in [0.25, 0.3) is 10.9 Å². The monoisotopic (exact) mass is 273 g/mol. The van der Waals surface area contributed by atoms with Crippen LogP contribution in [0.2, 0.25) is 0 Å². The van der Waals surface area contributed by atoms with Crippen molar-refractivity contribution in [2.24, 2.45) is 0 Å². The molecule has 1 heterocycles. The van der Waals surface area contributed by atoms with Crippen LogP contribution in [0.3, 0.4) is 0 Å². The minimum atomic E-state index is 0.0938. The first-order valence-corrected chi connectivity index (χ1v) is 7.22. The molecule has 0 amide bonds. The fourth-order valence-corrected chi connectivity index (χ4v) is 2.90. The van der Waals surface area contributed by atoms with Crippen LogP contribution in [-0.4, -0.2) is 18.2 Å². The second-order valence-electron chi connectivity index (χ2n) is 4.94. The van der Waals surface area contributed by atoms with E-state index in [-0.39, 0.29) is 5.43 Å². The molecule has 4 heteroatoms. The largest absolute Gasteiger partial charge is 0.493 e. The summed E-state index contributed by atoms with van der Waals surface area (Å²) in [5, 5.41) is 0.624. The molecular formula is C16H19NO3. The Morgan fingerprint density at radius 2 is 1.80 bits per heavy atom. The highest BCUT2D eigenvalue weighted by Crippen LogP contribution is 2.32. The first-order valence-electron chi connectivity index (χ1n) is 7.22. The molecule has 0 saturated heterocycles. The topological polar surface area (TPSA) is 51.3 Å². The molecule has 1 aliphatic rings. The Bertz CT molecular complexity index is 703. The lowest BCUT2D eigenvalue weighted by Crippen LogP contribution is -2.13. The Hall–Kier alpha value is -1.97. The Morgan fingerprint density at radius 3 is 2.55 bits per heavy atom. The van der Waals surface area contributed by atoms with E-state index >= 15 is 0 Å². The summed E-state index contributed by atoms with van der Waals surface area (Å²) >= 11 is 0. The molecule has 1 aromatic heterocycles. The van der Waals surface area contributed by atoms with E-state index in [9.17, 15) is 4.79 Å². The molecule has 0 atom stereocenters. The van der Waals surface area contributed by atoms with Gasteiger partial charge in [-0.1, -0.05) is 0 Å². The molecule has 0 fully saturated rings. The molecule has 4 nitrogen and oxygen atoms in total. The lowest BCUT2D eigenvalue weighted by atomic mass is 10.1. The van der Waals surface area contributed by atoms with Crippen molar-refractivity contribution >= 4 is 10.9 Å². The van der Waals surface area contributed by atoms with Gasteiger partial charge in [-0.25, -0.2) is 0 Å². The van der Waals surface area contributed by atoms with Crippen LogP contribution in [0, 0.1) is 0 Å². The molecule has 1 N–H and O–H groups in total. The van der Waals surface area contributed by atoms with E-state index in [1.807, 2.05) is 26.0 Å². The Morgan fingerprint density at radius 1 is 1.10 bits per heavy atom. The van der Waals surface area contributed by atoms with Crippen LogP contribution in [0.4, 0.5) is 0 Å². The number of hydrogen-bond donors (Lipinski definition) is 1. The smallest absolute Gasteiger partial charge is 0.196 e. The van der Waals surface area contributed by atoms with Gasteiger partial charge >= 0.3 is 0 Å². The van der Waals surface area contributed by atoms with Gasteiger partial charge < -0.3 is 14.5 Å². The number of pyridine rings is 1. The van der Waals surface area contributed by atoms with E-state index in [1.54, 1.807) is 0 Å². The van der Waals surface area contributed by atoms with Gasteiger partial charge in [0.05, 0.1) is 24.1 Å². The third-order valence-electron chi connectivity index (χ3n) is 3.72. The molecule has 0 bridgehead atoms. The molecule has 106 valence electrons. The molecular weight excluding hydrogens is 254 g/mol. The number of fused-ring (bicyclic) bond motifs is 2. The van der Waals surface area contributed by atoms with Crippen LogP contribution in [0.5, 0.6) is 11.5 Å². The Balaban J connectivity index is 2.34. The molecule has 0 radical (unpaired) electrons. The van der Waals surface area contributed by atoms with Crippen LogP contribution < -0.4 is 14.9 Å². The van der Waals surface area contributed by atoms with Crippen molar-refractivity contribution < 1.29 is 9.47 Å². The van der Waals surface area contributed by atoms with Crippen LogP contribution in [0.15, 0.2) is 16.9 Å². The number of aryl methyl sites for hydroxylation is 1. The SMILES string of the molecule is CCOc1ccc(OCC)c2c(=O)c3c([nH]c12)CCC3. The maximum Gasteiger partial charge on any atom is 0.196 e. The van der Waals surface area contributed by atoms with Crippen molar-refractivity contribution in [1.29, 1.82) is 0 Å². The van der Waals surface area contributed by atoms with Crippen molar-refractivity contribution in [2.45, 2.75) is 33.1 Å². The summed E-state index contributed by atoms with van der Waals surface area (Å²) in [4.78, 5) is 16.1. The van der Waals surface area contributed by atoms with Crippen molar-refractivity contribution in [3.63, 3.8) is 0 Å². The number of aromatic nitrogens is 1. The van der Waals surface area contributed by atoms with Gasteiger partial charge in [-0.3, -0.25) is 4.79 Å². The minimum absolute atomic E-state index is 0.0938. The number of hydrogen-bond acceptors (Lipinski definition) is 3. The highest BCUT2D eigenvalue weighted by molar-refractivity contribution is 5.90. The van der Waals surface area contributed by atoms with Gasteiger partial charge in [0.1, 0.15) is 11.5 Å². The summed E-state index contributed by atoms with van der Waals surface area (Å²) < 4.78 is 11.3. The number of ether oxygens (including phenoxy) is 2. The molecule has 0 saturated carbocycles. The summed E-state index contributed by atoms with van der Waals surface area (Å²) in [5.41, 5.74) is 2.82. The Kier molecular flexibility index (Phi) is 3.38. The summed E-state index contributed by atoms with van der Waals surface area (Å²) in [7, 11) is 0. The second-order valence-corrected chi connectivity index (χ2v) is 4.94. The highest BCUT2D eigenvalue weighted by Gasteiger charge is 2.21. The Labute approximate surface area is 117 Å². The quantitative estimate of drug-likeness (QED) is 0.932. The van der Waals surface area contributed by atoms with Gasteiger partial charge in [0, 0.05) is 11.3 Å². The average molecular weight is 273 g/mol. The fraction of sp³-hybridized carbons (Fsp3) is 0.438. The van der Waals surface area contributed by atoms with Crippen molar-refractivity contribution in [3.8, 4) is 11.5 Å². The first-order chi connectivity index (χ1) is 9.76. The number of benzene rings is 1. The van der Waals surface area contributed by atoms with E-state index < -0.39 is 0 Å². The van der Waals surface area contributed by atoms with E-state index in [1.165, 1.54) is 0 Å². The molecule has 3 rings (SSSR count). The highest BCUT2D eigenvalue weighted by atomic mass is 16.5. The third-order valence-corrected chi connectivity index (χ3v) is 3.72. The number of rotatable bonds is 4. The number of nitrogens with one attached hydrogen (secondary N) is 1. The van der Waals surface area contributed by atoms with Crippen molar-refractivity contribution in [2.75, 3.05) is 13.2 Å². The third kappa shape index (κ3) is 1.96. The minimum Gasteiger partial charge on any atom is -0.493 e. The standard InChI is InChI=1S/C16H19NO3/c1-3-19-12-8-9-13(20-4-2)15-14(12)16(18)10-6-5-7-11(10)17-15/h8-9H,3-7H2,1-2H3,(H,17,18). The average Bonchev–Trinajstić information content (AvgIpc) is 2.90. The van der Waals surface area contributed by atoms with Gasteiger partial charge in [-0.15, -0.1) is 0 Å². The van der Waals surface area contributed by atoms with Crippen LogP contribution in [0.1, 0.15) is 31.5 Å². The molecule has 0 spiro atoms. The molecule has 0 unspecified atom stereocenters. The molecule has 2 aromatic rings. The zero-order chi connectivity index (χ0) is 14.1. The van der Waals surface area contributed by atoms with Gasteiger partial charge in [-0.2, -0.15) is 0 Å². The van der Waals surface area contributed by atoms with Gasteiger partial charge in [-0.05, 0) is 45.2 Å². The maximum absolute atomic E-state index is 12.7. The first kappa shape index (κ1) is 13.0. The van der Waals surface area contributed by atoms with Gasteiger partial charge in [0.2, 0.25) is 0 Å². The van der Waals surface area contributed by atoms with Crippen LogP contribution in [-0.2, 0) is 12.8 Å². The van der Waals surface area contributed by atoms with Gasteiger partial charge in [0.25, 0.3) is 0 Å².